The van der Waals surface area contributed by atoms with Gasteiger partial charge in [-0.25, -0.2) is 0 Å². The summed E-state index contributed by atoms with van der Waals surface area (Å²) in [6.07, 6.45) is 2.72. The molecule has 4 nitrogen and oxygen atoms in total. The van der Waals surface area contributed by atoms with Crippen LogP contribution in [-0.4, -0.2) is 29.3 Å². The van der Waals surface area contributed by atoms with Crippen LogP contribution in [0.25, 0.3) is 0 Å². The van der Waals surface area contributed by atoms with Crippen LogP contribution in [-0.2, 0) is 27.2 Å². The zero-order valence-electron chi connectivity index (χ0n) is 14.3. The monoisotopic (exact) mass is 335 g/mol. The topological polar surface area (TPSA) is 55.4 Å². The lowest BCUT2D eigenvalue weighted by Gasteiger charge is -2.23. The van der Waals surface area contributed by atoms with Crippen LogP contribution in [0.4, 0.5) is 0 Å². The largest absolute Gasteiger partial charge is 0.452 e. The molecule has 0 bridgehead atoms. The predicted octanol–water partition coefficient (Wildman–Crippen LogP) is 3.11. The Kier molecular flexibility index (Phi) is 5.74. The minimum Gasteiger partial charge on any atom is -0.452 e. The van der Waals surface area contributed by atoms with Crippen molar-refractivity contribution in [1.82, 2.24) is 5.32 Å². The molecule has 1 aromatic carbocycles. The fourth-order valence-corrected chi connectivity index (χ4v) is 3.28. The molecule has 1 aliphatic rings. The summed E-state index contributed by atoms with van der Waals surface area (Å²) in [6.45, 7) is 7.27. The number of esters is 1. The smallest absolute Gasteiger partial charge is 0.317 e. The van der Waals surface area contributed by atoms with E-state index in [0.29, 0.717) is 0 Å². The molecule has 1 aliphatic carbocycles. The van der Waals surface area contributed by atoms with Gasteiger partial charge in [-0.2, -0.15) is 0 Å². The van der Waals surface area contributed by atoms with E-state index in [1.807, 2.05) is 20.8 Å². The number of carbonyl (C=O) groups excluding carboxylic acids is 2. The van der Waals surface area contributed by atoms with E-state index in [1.165, 1.54) is 29.3 Å². The van der Waals surface area contributed by atoms with Crippen LogP contribution in [0.15, 0.2) is 23.1 Å². The van der Waals surface area contributed by atoms with E-state index in [0.717, 1.165) is 17.7 Å². The van der Waals surface area contributed by atoms with Crippen LogP contribution in [0, 0.1) is 0 Å². The van der Waals surface area contributed by atoms with Crippen LogP contribution in [0.1, 0.15) is 45.2 Å². The first-order valence-corrected chi connectivity index (χ1v) is 8.99. The highest BCUT2D eigenvalue weighted by molar-refractivity contribution is 8.00. The number of thioether (sulfide) groups is 1. The minimum absolute atomic E-state index is 0.214. The Morgan fingerprint density at radius 2 is 1.96 bits per heavy atom. The molecule has 1 aromatic rings. The number of hydrogen-bond acceptors (Lipinski definition) is 4. The molecule has 1 amide bonds. The summed E-state index contributed by atoms with van der Waals surface area (Å²) < 4.78 is 5.20. The number of amides is 1. The van der Waals surface area contributed by atoms with Crippen molar-refractivity contribution in [2.24, 2.45) is 0 Å². The first-order valence-electron chi connectivity index (χ1n) is 8.01. The number of carbonyl (C=O) groups is 2. The van der Waals surface area contributed by atoms with E-state index in [2.05, 4.69) is 23.5 Å². The number of aryl methyl sites for hydroxylation is 2. The number of nitrogens with one attached hydrogen (secondary N) is 1. The maximum Gasteiger partial charge on any atom is 0.317 e. The molecule has 0 aliphatic heterocycles. The second-order valence-electron chi connectivity index (χ2n) is 6.94. The number of benzene rings is 1. The molecule has 0 fully saturated rings. The number of rotatable bonds is 5. The van der Waals surface area contributed by atoms with Crippen molar-refractivity contribution in [3.05, 3.63) is 29.3 Å². The second-order valence-corrected chi connectivity index (χ2v) is 7.99. The third kappa shape index (κ3) is 5.57. The second kappa shape index (κ2) is 7.39. The van der Waals surface area contributed by atoms with Crippen LogP contribution in [0.2, 0.25) is 0 Å². The Labute approximate surface area is 142 Å². The lowest BCUT2D eigenvalue weighted by Crippen LogP contribution is -2.46. The molecule has 23 heavy (non-hydrogen) atoms. The Morgan fingerprint density at radius 1 is 1.26 bits per heavy atom. The van der Waals surface area contributed by atoms with Gasteiger partial charge in [0.2, 0.25) is 0 Å². The molecule has 0 saturated carbocycles. The highest BCUT2D eigenvalue weighted by Gasteiger charge is 2.22. The van der Waals surface area contributed by atoms with Crippen LogP contribution >= 0.6 is 11.8 Å². The van der Waals surface area contributed by atoms with Crippen LogP contribution in [0.3, 0.4) is 0 Å². The standard InChI is InChI=1S/C18H25NO3S/c1-12(17(21)19-18(2,3)4)22-16(20)11-23-15-9-8-13-6-5-7-14(13)10-15/h8-10,12H,5-7,11H2,1-4H3,(H,19,21)/t12-/m0/s1. The molecule has 0 saturated heterocycles. The molecule has 126 valence electrons. The van der Waals surface area contributed by atoms with Gasteiger partial charge in [0, 0.05) is 10.4 Å². The summed E-state index contributed by atoms with van der Waals surface area (Å²) in [7, 11) is 0. The molecule has 0 radical (unpaired) electrons. The Balaban J connectivity index is 1.80. The average molecular weight is 335 g/mol. The lowest BCUT2D eigenvalue weighted by molar-refractivity contribution is -0.152. The molecular formula is C18H25NO3S. The molecule has 0 spiro atoms. The molecule has 1 N–H and O–H groups in total. The highest BCUT2D eigenvalue weighted by Crippen LogP contribution is 2.27. The van der Waals surface area contributed by atoms with Crippen molar-refractivity contribution < 1.29 is 14.3 Å². The molecular weight excluding hydrogens is 310 g/mol. The van der Waals surface area contributed by atoms with Gasteiger partial charge in [-0.3, -0.25) is 9.59 Å². The third-order valence-electron chi connectivity index (χ3n) is 3.60. The predicted molar refractivity (Wildman–Crippen MR) is 92.6 cm³/mol. The van der Waals surface area contributed by atoms with E-state index in [4.69, 9.17) is 4.74 Å². The maximum atomic E-state index is 11.9. The van der Waals surface area contributed by atoms with Crippen molar-refractivity contribution in [3.8, 4) is 0 Å². The first-order chi connectivity index (χ1) is 10.7. The van der Waals surface area contributed by atoms with Crippen molar-refractivity contribution in [3.63, 3.8) is 0 Å². The SMILES string of the molecule is C[C@H](OC(=O)CSc1ccc2c(c1)CCC2)C(=O)NC(C)(C)C. The fraction of sp³-hybridized carbons (Fsp3) is 0.556. The van der Waals surface area contributed by atoms with Gasteiger partial charge in [-0.1, -0.05) is 6.07 Å². The summed E-state index contributed by atoms with van der Waals surface area (Å²) >= 11 is 1.46. The van der Waals surface area contributed by atoms with Crippen LogP contribution < -0.4 is 5.32 Å². The van der Waals surface area contributed by atoms with E-state index in [9.17, 15) is 9.59 Å². The average Bonchev–Trinajstić information content (AvgIpc) is 2.90. The van der Waals surface area contributed by atoms with Gasteiger partial charge in [-0.05, 0) is 70.2 Å². The zero-order chi connectivity index (χ0) is 17.0. The Bertz CT molecular complexity index is 592. The molecule has 2 rings (SSSR count). The Hall–Kier alpha value is -1.49. The summed E-state index contributed by atoms with van der Waals surface area (Å²) in [4.78, 5) is 24.9. The Morgan fingerprint density at radius 3 is 2.65 bits per heavy atom. The van der Waals surface area contributed by atoms with Crippen molar-refractivity contribution in [2.75, 3.05) is 5.75 Å². The van der Waals surface area contributed by atoms with Gasteiger partial charge in [0.15, 0.2) is 6.10 Å². The summed E-state index contributed by atoms with van der Waals surface area (Å²) in [5, 5.41) is 2.80. The normalized spacial score (nSPS) is 15.0. The van der Waals surface area contributed by atoms with E-state index >= 15 is 0 Å². The molecule has 5 heteroatoms. The molecule has 0 heterocycles. The minimum atomic E-state index is -0.776. The van der Waals surface area contributed by atoms with Gasteiger partial charge in [-0.15, -0.1) is 11.8 Å². The maximum absolute atomic E-state index is 11.9. The van der Waals surface area contributed by atoms with E-state index in [1.54, 1.807) is 6.92 Å². The molecule has 1 atom stereocenters. The quantitative estimate of drug-likeness (QED) is 0.663. The molecule has 0 aromatic heterocycles. The van der Waals surface area contributed by atoms with Crippen molar-refractivity contribution >= 4 is 23.6 Å². The van der Waals surface area contributed by atoms with E-state index in [-0.39, 0.29) is 23.2 Å². The highest BCUT2D eigenvalue weighted by atomic mass is 32.2. The van der Waals surface area contributed by atoms with Gasteiger partial charge < -0.3 is 10.1 Å². The number of hydrogen-bond donors (Lipinski definition) is 1. The van der Waals surface area contributed by atoms with Crippen LogP contribution in [0.5, 0.6) is 0 Å². The van der Waals surface area contributed by atoms with E-state index < -0.39 is 6.10 Å². The first kappa shape index (κ1) is 17.9. The summed E-state index contributed by atoms with van der Waals surface area (Å²) in [5.74, 6) is -0.424. The summed E-state index contributed by atoms with van der Waals surface area (Å²) in [5.41, 5.74) is 2.47. The van der Waals surface area contributed by atoms with Gasteiger partial charge >= 0.3 is 5.97 Å². The fourth-order valence-electron chi connectivity index (χ4n) is 2.54. The number of fused-ring (bicyclic) bond motifs is 1. The zero-order valence-corrected chi connectivity index (χ0v) is 15.1. The molecule has 0 unspecified atom stereocenters. The lowest BCUT2D eigenvalue weighted by atomic mass is 10.1. The number of ether oxygens (including phenoxy) is 1. The van der Waals surface area contributed by atoms with Gasteiger partial charge in [0.1, 0.15) is 0 Å². The van der Waals surface area contributed by atoms with Gasteiger partial charge in [0.05, 0.1) is 5.75 Å². The summed E-state index contributed by atoms with van der Waals surface area (Å²) in [6, 6.07) is 6.36. The van der Waals surface area contributed by atoms with Crippen molar-refractivity contribution in [2.45, 2.75) is 63.5 Å². The van der Waals surface area contributed by atoms with Crippen molar-refractivity contribution in [1.29, 1.82) is 0 Å². The van der Waals surface area contributed by atoms with Gasteiger partial charge in [0.25, 0.3) is 5.91 Å². The third-order valence-corrected chi connectivity index (χ3v) is 4.57.